The second-order valence-corrected chi connectivity index (χ2v) is 7.14. The molecule has 1 fully saturated rings. The van der Waals surface area contributed by atoms with E-state index in [0.717, 1.165) is 10.9 Å². The Kier molecular flexibility index (Phi) is 5.39. The van der Waals surface area contributed by atoms with Crippen molar-refractivity contribution in [3.63, 3.8) is 0 Å². The largest absolute Gasteiger partial charge is 0.480 e. The first kappa shape index (κ1) is 18.8. The van der Waals surface area contributed by atoms with Gasteiger partial charge in [0.15, 0.2) is 0 Å². The van der Waals surface area contributed by atoms with Crippen molar-refractivity contribution in [3.05, 3.63) is 42.1 Å². The topological polar surface area (TPSA) is 99.6 Å². The maximum absolute atomic E-state index is 12.9. The van der Waals surface area contributed by atoms with Gasteiger partial charge >= 0.3 is 5.97 Å². The van der Waals surface area contributed by atoms with Crippen molar-refractivity contribution in [2.45, 2.75) is 38.8 Å². The van der Waals surface area contributed by atoms with Crippen LogP contribution in [0, 0.1) is 5.92 Å². The molecule has 1 aromatic heterocycles. The van der Waals surface area contributed by atoms with Gasteiger partial charge in [0.2, 0.25) is 5.91 Å². The molecular weight excluding hydrogens is 346 g/mol. The first-order chi connectivity index (χ1) is 12.9. The van der Waals surface area contributed by atoms with Crippen molar-refractivity contribution < 1.29 is 19.5 Å². The lowest BCUT2D eigenvalue weighted by atomic mass is 10.0. The average molecular weight is 369 g/mol. The Morgan fingerprint density at radius 3 is 2.70 bits per heavy atom. The summed E-state index contributed by atoms with van der Waals surface area (Å²) in [5, 5.41) is 12.9. The Morgan fingerprint density at radius 2 is 2.00 bits per heavy atom. The minimum absolute atomic E-state index is 0.176. The fraction of sp³-hybridized carbons (Fsp3) is 0.400. The zero-order valence-corrected chi connectivity index (χ0v) is 15.4. The quantitative estimate of drug-likeness (QED) is 0.840. The summed E-state index contributed by atoms with van der Waals surface area (Å²) in [4.78, 5) is 42.6. The predicted molar refractivity (Wildman–Crippen MR) is 100 cm³/mol. The van der Waals surface area contributed by atoms with Crippen molar-refractivity contribution in [1.29, 1.82) is 0 Å². The van der Waals surface area contributed by atoms with Crippen LogP contribution < -0.4 is 5.32 Å². The van der Waals surface area contributed by atoms with Crippen molar-refractivity contribution in [1.82, 2.24) is 15.2 Å². The molecule has 2 atom stereocenters. The van der Waals surface area contributed by atoms with Gasteiger partial charge in [-0.15, -0.1) is 0 Å². The SMILES string of the molecule is CC(C)C(NC(=O)c1cnc2ccccc2c1)C(=O)N1CCC[C@H]1C(=O)O. The molecule has 2 N–H and O–H groups in total. The number of nitrogens with zero attached hydrogens (tertiary/aromatic N) is 2. The van der Waals surface area contributed by atoms with Crippen LogP contribution in [-0.2, 0) is 9.59 Å². The number of nitrogens with one attached hydrogen (secondary N) is 1. The van der Waals surface area contributed by atoms with E-state index in [0.29, 0.717) is 24.9 Å². The summed E-state index contributed by atoms with van der Waals surface area (Å²) in [6.07, 6.45) is 2.57. The number of carbonyl (C=O) groups is 3. The van der Waals surface area contributed by atoms with Gasteiger partial charge in [-0.1, -0.05) is 32.0 Å². The fourth-order valence-corrected chi connectivity index (χ4v) is 3.40. The minimum Gasteiger partial charge on any atom is -0.480 e. The highest BCUT2D eigenvalue weighted by Gasteiger charge is 2.38. The van der Waals surface area contributed by atoms with Crippen molar-refractivity contribution in [2.24, 2.45) is 5.92 Å². The highest BCUT2D eigenvalue weighted by atomic mass is 16.4. The summed E-state index contributed by atoms with van der Waals surface area (Å²) in [6, 6.07) is 7.59. The van der Waals surface area contributed by atoms with Crippen molar-refractivity contribution in [2.75, 3.05) is 6.54 Å². The van der Waals surface area contributed by atoms with E-state index in [-0.39, 0.29) is 11.8 Å². The molecule has 1 aromatic carbocycles. The van der Waals surface area contributed by atoms with E-state index in [4.69, 9.17) is 0 Å². The van der Waals surface area contributed by atoms with E-state index in [1.54, 1.807) is 6.07 Å². The fourth-order valence-electron chi connectivity index (χ4n) is 3.40. The van der Waals surface area contributed by atoms with E-state index < -0.39 is 24.0 Å². The molecule has 0 saturated carbocycles. The second-order valence-electron chi connectivity index (χ2n) is 7.14. The van der Waals surface area contributed by atoms with E-state index in [1.165, 1.54) is 11.1 Å². The number of carboxylic acid groups (broad SMARTS) is 1. The molecule has 0 aliphatic carbocycles. The summed E-state index contributed by atoms with van der Waals surface area (Å²) in [5.74, 6) is -1.93. The van der Waals surface area contributed by atoms with E-state index in [1.807, 2.05) is 38.1 Å². The van der Waals surface area contributed by atoms with Crippen LogP contribution in [-0.4, -0.2) is 51.4 Å². The maximum Gasteiger partial charge on any atom is 0.326 e. The molecule has 0 radical (unpaired) electrons. The number of benzene rings is 1. The molecule has 3 rings (SSSR count). The van der Waals surface area contributed by atoms with Crippen LogP contribution in [0.2, 0.25) is 0 Å². The zero-order chi connectivity index (χ0) is 19.6. The zero-order valence-electron chi connectivity index (χ0n) is 15.4. The number of hydrogen-bond donors (Lipinski definition) is 2. The van der Waals surface area contributed by atoms with Gasteiger partial charge in [0.05, 0.1) is 11.1 Å². The lowest BCUT2D eigenvalue weighted by Gasteiger charge is -2.29. The van der Waals surface area contributed by atoms with Gasteiger partial charge in [0, 0.05) is 18.1 Å². The maximum atomic E-state index is 12.9. The minimum atomic E-state index is -1.01. The molecule has 1 aliphatic heterocycles. The highest BCUT2D eigenvalue weighted by molar-refractivity contribution is 6.00. The number of fused-ring (bicyclic) bond motifs is 1. The molecule has 2 amide bonds. The third kappa shape index (κ3) is 3.92. The summed E-state index contributed by atoms with van der Waals surface area (Å²) < 4.78 is 0. The number of carbonyl (C=O) groups excluding carboxylic acids is 2. The van der Waals surface area contributed by atoms with Crippen LogP contribution in [0.15, 0.2) is 36.5 Å². The summed E-state index contributed by atoms with van der Waals surface area (Å²) in [6.45, 7) is 4.05. The van der Waals surface area contributed by atoms with Crippen molar-refractivity contribution >= 4 is 28.7 Å². The molecule has 0 spiro atoms. The number of hydrogen-bond acceptors (Lipinski definition) is 4. The molecule has 7 heteroatoms. The van der Waals surface area contributed by atoms with Gasteiger partial charge in [0.25, 0.3) is 5.91 Å². The first-order valence-corrected chi connectivity index (χ1v) is 9.07. The molecule has 2 aromatic rings. The lowest BCUT2D eigenvalue weighted by molar-refractivity contribution is -0.149. The molecule has 1 unspecified atom stereocenters. The Hall–Kier alpha value is -2.96. The first-order valence-electron chi connectivity index (χ1n) is 9.07. The van der Waals surface area contributed by atoms with E-state index >= 15 is 0 Å². The van der Waals surface area contributed by atoms with Gasteiger partial charge in [0.1, 0.15) is 12.1 Å². The average Bonchev–Trinajstić information content (AvgIpc) is 3.15. The Labute approximate surface area is 157 Å². The van der Waals surface area contributed by atoms with E-state index in [9.17, 15) is 19.5 Å². The Morgan fingerprint density at radius 1 is 1.26 bits per heavy atom. The number of aliphatic carboxylic acids is 1. The van der Waals surface area contributed by atoms with Crippen molar-refractivity contribution in [3.8, 4) is 0 Å². The molecule has 27 heavy (non-hydrogen) atoms. The predicted octanol–water partition coefficient (Wildman–Crippen LogP) is 2.06. The van der Waals surface area contributed by atoms with Gasteiger partial charge < -0.3 is 15.3 Å². The number of rotatable bonds is 5. The number of carboxylic acids is 1. The number of likely N-dealkylation sites (tertiary alicyclic amines) is 1. The van der Waals surface area contributed by atoms with Gasteiger partial charge in [-0.2, -0.15) is 0 Å². The smallest absolute Gasteiger partial charge is 0.326 e. The number of para-hydroxylation sites is 1. The number of aromatic nitrogens is 1. The van der Waals surface area contributed by atoms with Crippen LogP contribution >= 0.6 is 0 Å². The summed E-state index contributed by atoms with van der Waals surface area (Å²) in [7, 11) is 0. The van der Waals surface area contributed by atoms with E-state index in [2.05, 4.69) is 10.3 Å². The Bertz CT molecular complexity index is 880. The molecule has 142 valence electrons. The second kappa shape index (κ2) is 7.73. The van der Waals surface area contributed by atoms with Crippen LogP contribution in [0.3, 0.4) is 0 Å². The summed E-state index contributed by atoms with van der Waals surface area (Å²) >= 11 is 0. The summed E-state index contributed by atoms with van der Waals surface area (Å²) in [5.41, 5.74) is 1.15. The molecule has 1 saturated heterocycles. The molecular formula is C20H23N3O4. The van der Waals surface area contributed by atoms with Crippen LogP contribution in [0.4, 0.5) is 0 Å². The highest BCUT2D eigenvalue weighted by Crippen LogP contribution is 2.21. The normalized spacial score (nSPS) is 17.9. The molecule has 0 bridgehead atoms. The molecule has 1 aliphatic rings. The molecule has 7 nitrogen and oxygen atoms in total. The van der Waals surface area contributed by atoms with Crippen LogP contribution in [0.1, 0.15) is 37.0 Å². The monoisotopic (exact) mass is 369 g/mol. The van der Waals surface area contributed by atoms with Crippen LogP contribution in [0.25, 0.3) is 10.9 Å². The van der Waals surface area contributed by atoms with Gasteiger partial charge in [-0.3, -0.25) is 14.6 Å². The third-order valence-electron chi connectivity index (χ3n) is 4.89. The van der Waals surface area contributed by atoms with Gasteiger partial charge in [-0.25, -0.2) is 4.79 Å². The lowest BCUT2D eigenvalue weighted by Crippen LogP contribution is -2.53. The number of amides is 2. The van der Waals surface area contributed by atoms with Crippen LogP contribution in [0.5, 0.6) is 0 Å². The standard InChI is InChI=1S/C20H23N3O4/c1-12(2)17(19(25)23-9-5-8-16(23)20(26)27)22-18(24)14-10-13-6-3-4-7-15(13)21-11-14/h3-4,6-7,10-12,16-17H,5,8-9H2,1-2H3,(H,22,24)(H,26,27)/t16-,17?/m0/s1. The Balaban J connectivity index is 1.79. The van der Waals surface area contributed by atoms with Gasteiger partial charge in [-0.05, 0) is 30.9 Å². The number of pyridine rings is 1. The molecule has 2 heterocycles. The third-order valence-corrected chi connectivity index (χ3v) is 4.89.